The number of aryl methyl sites for hydroxylation is 1. The average Bonchev–Trinajstić information content (AvgIpc) is 2.47. The summed E-state index contributed by atoms with van der Waals surface area (Å²) in [5, 5.41) is 9.34. The van der Waals surface area contributed by atoms with Crippen LogP contribution in [0.25, 0.3) is 11.6 Å². The van der Waals surface area contributed by atoms with Gasteiger partial charge in [0.2, 0.25) is 0 Å². The molecule has 0 heterocycles. The molecule has 0 unspecified atom stereocenters. The Kier molecular flexibility index (Phi) is 4.79. The normalized spacial score (nSPS) is 11.3. The third kappa shape index (κ3) is 4.22. The largest absolute Gasteiger partial charge is 0.491 e. The van der Waals surface area contributed by atoms with Crippen molar-refractivity contribution < 1.29 is 4.74 Å². The minimum absolute atomic E-state index is 0.161. The monoisotopic (exact) mass is 277 g/mol. The van der Waals surface area contributed by atoms with Gasteiger partial charge in [0.1, 0.15) is 5.75 Å². The predicted molar refractivity (Wildman–Crippen MR) is 86.9 cm³/mol. The summed E-state index contributed by atoms with van der Waals surface area (Å²) in [6.45, 7) is 6.03. The number of benzene rings is 2. The van der Waals surface area contributed by atoms with E-state index < -0.39 is 0 Å². The molecule has 0 saturated heterocycles. The fourth-order valence-electron chi connectivity index (χ4n) is 1.99. The molecular formula is C19H19NO. The number of hydrogen-bond acceptors (Lipinski definition) is 2. The summed E-state index contributed by atoms with van der Waals surface area (Å²) in [5.74, 6) is 0.844. The van der Waals surface area contributed by atoms with Crippen LogP contribution in [0.3, 0.4) is 0 Å². The minimum Gasteiger partial charge on any atom is -0.491 e. The highest BCUT2D eigenvalue weighted by molar-refractivity contribution is 5.89. The Bertz CT molecular complexity index is 658. The van der Waals surface area contributed by atoms with Crippen LogP contribution in [0, 0.1) is 18.3 Å². The molecule has 0 aromatic heterocycles. The van der Waals surface area contributed by atoms with Gasteiger partial charge >= 0.3 is 0 Å². The molecular weight excluding hydrogens is 258 g/mol. The first-order chi connectivity index (χ1) is 10.1. The van der Waals surface area contributed by atoms with E-state index in [4.69, 9.17) is 4.74 Å². The van der Waals surface area contributed by atoms with Crippen molar-refractivity contribution in [2.24, 2.45) is 0 Å². The second kappa shape index (κ2) is 6.76. The molecule has 2 heteroatoms. The molecule has 21 heavy (non-hydrogen) atoms. The Morgan fingerprint density at radius 2 is 1.67 bits per heavy atom. The van der Waals surface area contributed by atoms with E-state index >= 15 is 0 Å². The van der Waals surface area contributed by atoms with Crippen LogP contribution in [0.2, 0.25) is 0 Å². The fraction of sp³-hybridized carbons (Fsp3) is 0.211. The summed E-state index contributed by atoms with van der Waals surface area (Å²) in [5.41, 5.74) is 3.77. The van der Waals surface area contributed by atoms with Gasteiger partial charge < -0.3 is 4.74 Å². The highest BCUT2D eigenvalue weighted by Gasteiger charge is 2.02. The van der Waals surface area contributed by atoms with Crippen molar-refractivity contribution in [1.82, 2.24) is 0 Å². The number of allylic oxidation sites excluding steroid dienone is 1. The Hall–Kier alpha value is -2.53. The lowest BCUT2D eigenvalue weighted by molar-refractivity contribution is 0.242. The molecule has 0 aliphatic carbocycles. The second-order valence-corrected chi connectivity index (χ2v) is 5.27. The molecule has 0 fully saturated rings. The zero-order valence-electron chi connectivity index (χ0n) is 12.6. The third-order valence-corrected chi connectivity index (χ3v) is 3.05. The fourth-order valence-corrected chi connectivity index (χ4v) is 1.99. The van der Waals surface area contributed by atoms with Crippen molar-refractivity contribution in [3.05, 3.63) is 65.2 Å². The molecule has 0 radical (unpaired) electrons. The first kappa shape index (κ1) is 14.9. The summed E-state index contributed by atoms with van der Waals surface area (Å²) in [7, 11) is 0. The maximum absolute atomic E-state index is 9.34. The van der Waals surface area contributed by atoms with Gasteiger partial charge in [-0.1, -0.05) is 42.0 Å². The van der Waals surface area contributed by atoms with E-state index in [9.17, 15) is 5.26 Å². The molecule has 0 aliphatic heterocycles. The summed E-state index contributed by atoms with van der Waals surface area (Å²) in [6.07, 6.45) is 2.05. The van der Waals surface area contributed by atoms with Gasteiger partial charge in [0.05, 0.1) is 17.7 Å². The van der Waals surface area contributed by atoms with Crippen molar-refractivity contribution >= 4 is 11.6 Å². The standard InChI is InChI=1S/C19H19NO/c1-14(2)21-19-10-6-16(7-11-19)12-18(13-20)17-8-4-15(3)5-9-17/h4-12,14H,1-3H3/b18-12+. The molecule has 0 saturated carbocycles. The van der Waals surface area contributed by atoms with Crippen LogP contribution in [0.1, 0.15) is 30.5 Å². The molecule has 2 rings (SSSR count). The van der Waals surface area contributed by atoms with Crippen molar-refractivity contribution in [2.75, 3.05) is 0 Å². The molecule has 106 valence electrons. The minimum atomic E-state index is 0.161. The lowest BCUT2D eigenvalue weighted by atomic mass is 10.0. The Morgan fingerprint density at radius 1 is 1.05 bits per heavy atom. The van der Waals surface area contributed by atoms with Crippen LogP contribution in [-0.4, -0.2) is 6.10 Å². The Labute approximate surface area is 126 Å². The predicted octanol–water partition coefficient (Wildman–Crippen LogP) is 4.85. The van der Waals surface area contributed by atoms with E-state index in [1.54, 1.807) is 0 Å². The molecule has 2 aromatic rings. The van der Waals surface area contributed by atoms with E-state index in [1.807, 2.05) is 75.4 Å². The number of rotatable bonds is 4. The van der Waals surface area contributed by atoms with Crippen molar-refractivity contribution in [1.29, 1.82) is 5.26 Å². The van der Waals surface area contributed by atoms with Gasteiger partial charge in [0, 0.05) is 0 Å². The maximum atomic E-state index is 9.34. The lowest BCUT2D eigenvalue weighted by Gasteiger charge is -2.09. The average molecular weight is 277 g/mol. The van der Waals surface area contributed by atoms with Crippen molar-refractivity contribution in [2.45, 2.75) is 26.9 Å². The van der Waals surface area contributed by atoms with Crippen LogP contribution < -0.4 is 4.74 Å². The first-order valence-electron chi connectivity index (χ1n) is 7.04. The molecule has 0 aliphatic rings. The van der Waals surface area contributed by atoms with E-state index in [1.165, 1.54) is 5.56 Å². The number of nitrogens with zero attached hydrogens (tertiary/aromatic N) is 1. The molecule has 0 amide bonds. The van der Waals surface area contributed by atoms with Crippen LogP contribution in [0.5, 0.6) is 5.75 Å². The highest BCUT2D eigenvalue weighted by Crippen LogP contribution is 2.20. The highest BCUT2D eigenvalue weighted by atomic mass is 16.5. The summed E-state index contributed by atoms with van der Waals surface area (Å²) < 4.78 is 5.61. The van der Waals surface area contributed by atoms with Gasteiger partial charge in [-0.2, -0.15) is 5.26 Å². The maximum Gasteiger partial charge on any atom is 0.119 e. The van der Waals surface area contributed by atoms with E-state index in [2.05, 4.69) is 6.07 Å². The second-order valence-electron chi connectivity index (χ2n) is 5.27. The van der Waals surface area contributed by atoms with Gasteiger partial charge in [-0.05, 0) is 50.1 Å². The molecule has 2 aromatic carbocycles. The van der Waals surface area contributed by atoms with Gasteiger partial charge in [0.25, 0.3) is 0 Å². The van der Waals surface area contributed by atoms with Crippen molar-refractivity contribution in [3.8, 4) is 11.8 Å². The Balaban J connectivity index is 2.24. The van der Waals surface area contributed by atoms with E-state index in [-0.39, 0.29) is 6.10 Å². The summed E-state index contributed by atoms with van der Waals surface area (Å²) >= 11 is 0. The van der Waals surface area contributed by atoms with Gasteiger partial charge in [0.15, 0.2) is 0 Å². The zero-order chi connectivity index (χ0) is 15.2. The molecule has 0 N–H and O–H groups in total. The molecule has 0 spiro atoms. The smallest absolute Gasteiger partial charge is 0.119 e. The number of hydrogen-bond donors (Lipinski definition) is 0. The lowest BCUT2D eigenvalue weighted by Crippen LogP contribution is -2.05. The molecule has 0 atom stereocenters. The first-order valence-corrected chi connectivity index (χ1v) is 7.04. The molecule has 2 nitrogen and oxygen atoms in total. The summed E-state index contributed by atoms with van der Waals surface area (Å²) in [4.78, 5) is 0. The topological polar surface area (TPSA) is 33.0 Å². The SMILES string of the molecule is Cc1ccc(/C(C#N)=C/c2ccc(OC(C)C)cc2)cc1. The summed E-state index contributed by atoms with van der Waals surface area (Å²) in [6, 6.07) is 18.0. The van der Waals surface area contributed by atoms with Gasteiger partial charge in [-0.3, -0.25) is 0 Å². The van der Waals surface area contributed by atoms with Crippen LogP contribution in [0.15, 0.2) is 48.5 Å². The van der Waals surface area contributed by atoms with Crippen molar-refractivity contribution in [3.63, 3.8) is 0 Å². The zero-order valence-corrected chi connectivity index (χ0v) is 12.6. The van der Waals surface area contributed by atoms with Gasteiger partial charge in [-0.25, -0.2) is 0 Å². The number of nitriles is 1. The quantitative estimate of drug-likeness (QED) is 0.591. The van der Waals surface area contributed by atoms with Crippen LogP contribution >= 0.6 is 0 Å². The third-order valence-electron chi connectivity index (χ3n) is 3.05. The van der Waals surface area contributed by atoms with E-state index in [0.717, 1.165) is 16.9 Å². The van der Waals surface area contributed by atoms with E-state index in [0.29, 0.717) is 5.57 Å². The molecule has 0 bridgehead atoms. The Morgan fingerprint density at radius 3 is 2.19 bits per heavy atom. The number of ether oxygens (including phenoxy) is 1. The van der Waals surface area contributed by atoms with Gasteiger partial charge in [-0.15, -0.1) is 0 Å². The van der Waals surface area contributed by atoms with Crippen LogP contribution in [-0.2, 0) is 0 Å². The van der Waals surface area contributed by atoms with Crippen LogP contribution in [0.4, 0.5) is 0 Å².